The zero-order valence-corrected chi connectivity index (χ0v) is 7.79. The molecule has 12 heavy (non-hydrogen) atoms. The summed E-state index contributed by atoms with van der Waals surface area (Å²) >= 11 is 0. The maximum Gasteiger partial charge on any atom is 0.0145 e. The average molecular weight is 166 g/mol. The van der Waals surface area contributed by atoms with Gasteiger partial charge in [-0.3, -0.25) is 0 Å². The molecule has 68 valence electrons. The van der Waals surface area contributed by atoms with E-state index in [1.807, 2.05) is 0 Å². The van der Waals surface area contributed by atoms with Crippen molar-refractivity contribution in [3.63, 3.8) is 0 Å². The Labute approximate surface area is 74.3 Å². The highest BCUT2D eigenvalue weighted by atomic mass is 15.2. The van der Waals surface area contributed by atoms with Crippen molar-refractivity contribution in [1.29, 1.82) is 0 Å². The van der Waals surface area contributed by atoms with Gasteiger partial charge in [-0.25, -0.2) is 0 Å². The maximum atomic E-state index is 3.52. The number of nitrogens with one attached hydrogen (secondary N) is 1. The molecule has 0 amide bonds. The predicted molar refractivity (Wildman–Crippen MR) is 49.0 cm³/mol. The molecule has 5 atom stereocenters. The van der Waals surface area contributed by atoms with Crippen LogP contribution in [0.5, 0.6) is 0 Å². The van der Waals surface area contributed by atoms with Gasteiger partial charge in [0.2, 0.25) is 0 Å². The van der Waals surface area contributed by atoms with Gasteiger partial charge in [-0.1, -0.05) is 0 Å². The molecular formula is C10H18N2. The van der Waals surface area contributed by atoms with E-state index >= 15 is 0 Å². The molecule has 3 heterocycles. The summed E-state index contributed by atoms with van der Waals surface area (Å²) < 4.78 is 0. The van der Waals surface area contributed by atoms with Crippen molar-refractivity contribution in [1.82, 2.24) is 10.2 Å². The number of hydrogen-bond acceptors (Lipinski definition) is 2. The van der Waals surface area contributed by atoms with E-state index in [0.29, 0.717) is 0 Å². The minimum Gasteiger partial charge on any atom is -0.316 e. The quantitative estimate of drug-likeness (QED) is 0.612. The normalized spacial score (nSPS) is 56.2. The van der Waals surface area contributed by atoms with Gasteiger partial charge in [0.1, 0.15) is 0 Å². The summed E-state index contributed by atoms with van der Waals surface area (Å²) in [6.45, 7) is 4.15. The maximum absolute atomic E-state index is 3.52. The topological polar surface area (TPSA) is 15.3 Å². The van der Waals surface area contributed by atoms with Crippen LogP contribution in [0.4, 0.5) is 0 Å². The van der Waals surface area contributed by atoms with Gasteiger partial charge in [-0.2, -0.15) is 0 Å². The SMILES string of the molecule is CNC1C2CC3C[C@H]1CN(C3)C2. The molecule has 0 aromatic rings. The van der Waals surface area contributed by atoms with Gasteiger partial charge >= 0.3 is 0 Å². The van der Waals surface area contributed by atoms with Gasteiger partial charge < -0.3 is 10.2 Å². The largest absolute Gasteiger partial charge is 0.316 e. The van der Waals surface area contributed by atoms with Crippen LogP contribution in [-0.2, 0) is 0 Å². The Morgan fingerprint density at radius 2 is 1.75 bits per heavy atom. The third-order valence-corrected chi connectivity index (χ3v) is 4.12. The lowest BCUT2D eigenvalue weighted by molar-refractivity contribution is -0.0419. The minimum atomic E-state index is 0.845. The summed E-state index contributed by atoms with van der Waals surface area (Å²) in [5, 5.41) is 3.52. The molecule has 0 spiro atoms. The smallest absolute Gasteiger partial charge is 0.0145 e. The van der Waals surface area contributed by atoms with E-state index in [-0.39, 0.29) is 0 Å². The first-order valence-electron chi connectivity index (χ1n) is 5.26. The van der Waals surface area contributed by atoms with Crippen LogP contribution in [-0.4, -0.2) is 37.6 Å². The Bertz CT molecular complexity index is 162. The lowest BCUT2D eigenvalue weighted by Gasteiger charge is -2.55. The molecule has 3 aliphatic heterocycles. The Hall–Kier alpha value is -0.0800. The lowest BCUT2D eigenvalue weighted by Crippen LogP contribution is -2.63. The van der Waals surface area contributed by atoms with Gasteiger partial charge in [-0.15, -0.1) is 0 Å². The molecule has 4 unspecified atom stereocenters. The van der Waals surface area contributed by atoms with Crippen molar-refractivity contribution in [3.05, 3.63) is 0 Å². The predicted octanol–water partition coefficient (Wildman–Crippen LogP) is 0.546. The molecule has 4 rings (SSSR count). The highest BCUT2D eigenvalue weighted by Gasteiger charge is 2.46. The van der Waals surface area contributed by atoms with Crippen LogP contribution in [0, 0.1) is 17.8 Å². The number of nitrogens with zero attached hydrogens (tertiary/aromatic N) is 1. The summed E-state index contributed by atoms with van der Waals surface area (Å²) in [5.74, 6) is 2.99. The first-order chi connectivity index (χ1) is 5.86. The second-order valence-corrected chi connectivity index (χ2v) is 4.89. The lowest BCUT2D eigenvalue weighted by atomic mass is 9.65. The molecule has 4 aliphatic rings. The fourth-order valence-corrected chi connectivity index (χ4v) is 3.88. The van der Waals surface area contributed by atoms with E-state index in [9.17, 15) is 0 Å². The van der Waals surface area contributed by atoms with Gasteiger partial charge in [0.15, 0.2) is 0 Å². The summed E-state index contributed by atoms with van der Waals surface area (Å²) in [6, 6.07) is 0.845. The molecule has 4 fully saturated rings. The summed E-state index contributed by atoms with van der Waals surface area (Å²) in [7, 11) is 2.14. The Morgan fingerprint density at radius 1 is 1.08 bits per heavy atom. The Morgan fingerprint density at radius 3 is 2.25 bits per heavy atom. The zero-order valence-electron chi connectivity index (χ0n) is 7.79. The van der Waals surface area contributed by atoms with Crippen molar-refractivity contribution in [2.45, 2.75) is 18.9 Å². The summed E-state index contributed by atoms with van der Waals surface area (Å²) in [6.07, 6.45) is 3.00. The number of hydrogen-bond donors (Lipinski definition) is 1. The number of piperidine rings is 3. The molecule has 0 aromatic heterocycles. The van der Waals surface area contributed by atoms with Gasteiger partial charge in [0, 0.05) is 25.7 Å². The standard InChI is InChI=1S/C10H18N2/c1-11-10-8-2-7-3-9(10)6-12(4-7)5-8/h7-11H,2-6H2,1H3/t7?,8-,9?,10?/m0/s1. The van der Waals surface area contributed by atoms with Crippen LogP contribution >= 0.6 is 0 Å². The average Bonchev–Trinajstić information content (AvgIpc) is 2.02. The number of rotatable bonds is 1. The van der Waals surface area contributed by atoms with E-state index in [0.717, 1.165) is 23.8 Å². The molecule has 3 saturated heterocycles. The Balaban J connectivity index is 1.86. The van der Waals surface area contributed by atoms with Crippen LogP contribution in [0.25, 0.3) is 0 Å². The van der Waals surface area contributed by atoms with E-state index < -0.39 is 0 Å². The van der Waals surface area contributed by atoms with E-state index in [1.165, 1.54) is 32.5 Å². The molecule has 4 bridgehead atoms. The van der Waals surface area contributed by atoms with Crippen molar-refractivity contribution in [2.75, 3.05) is 26.7 Å². The third kappa shape index (κ3) is 0.882. The van der Waals surface area contributed by atoms with Crippen molar-refractivity contribution >= 4 is 0 Å². The highest BCUT2D eigenvalue weighted by molar-refractivity contribution is 5.01. The summed E-state index contributed by atoms with van der Waals surface area (Å²) in [5.41, 5.74) is 0. The fourth-order valence-electron chi connectivity index (χ4n) is 3.88. The molecule has 1 aliphatic carbocycles. The molecular weight excluding hydrogens is 148 g/mol. The Kier molecular flexibility index (Phi) is 1.50. The molecule has 2 heteroatoms. The van der Waals surface area contributed by atoms with Crippen LogP contribution in [0.1, 0.15) is 12.8 Å². The first-order valence-corrected chi connectivity index (χ1v) is 5.26. The third-order valence-electron chi connectivity index (χ3n) is 4.12. The minimum absolute atomic E-state index is 0.845. The monoisotopic (exact) mass is 166 g/mol. The van der Waals surface area contributed by atoms with Crippen molar-refractivity contribution in [3.8, 4) is 0 Å². The second-order valence-electron chi connectivity index (χ2n) is 4.89. The molecule has 2 nitrogen and oxygen atoms in total. The molecule has 0 aromatic carbocycles. The molecule has 0 radical (unpaired) electrons. The second kappa shape index (κ2) is 2.46. The molecule has 1 N–H and O–H groups in total. The van der Waals surface area contributed by atoms with Crippen LogP contribution < -0.4 is 5.32 Å². The van der Waals surface area contributed by atoms with E-state index in [1.54, 1.807) is 0 Å². The van der Waals surface area contributed by atoms with E-state index in [2.05, 4.69) is 17.3 Å². The van der Waals surface area contributed by atoms with Crippen molar-refractivity contribution in [2.24, 2.45) is 17.8 Å². The van der Waals surface area contributed by atoms with E-state index in [4.69, 9.17) is 0 Å². The first kappa shape index (κ1) is 7.34. The van der Waals surface area contributed by atoms with Gasteiger partial charge in [0.25, 0.3) is 0 Å². The fraction of sp³-hybridized carbons (Fsp3) is 1.00. The van der Waals surface area contributed by atoms with Crippen LogP contribution in [0.2, 0.25) is 0 Å². The van der Waals surface area contributed by atoms with Crippen LogP contribution in [0.3, 0.4) is 0 Å². The molecule has 1 saturated carbocycles. The van der Waals surface area contributed by atoms with Crippen molar-refractivity contribution < 1.29 is 0 Å². The van der Waals surface area contributed by atoms with Gasteiger partial charge in [-0.05, 0) is 37.6 Å². The van der Waals surface area contributed by atoms with Crippen LogP contribution in [0.15, 0.2) is 0 Å². The van der Waals surface area contributed by atoms with Gasteiger partial charge in [0.05, 0.1) is 0 Å². The highest BCUT2D eigenvalue weighted by Crippen LogP contribution is 2.43. The zero-order chi connectivity index (χ0) is 8.13. The summed E-state index contributed by atoms with van der Waals surface area (Å²) in [4.78, 5) is 2.68.